The zero-order chi connectivity index (χ0) is 10.6. The highest BCUT2D eigenvalue weighted by atomic mass is 32.1. The van der Waals surface area contributed by atoms with Crippen LogP contribution in [-0.4, -0.2) is 16.2 Å². The van der Waals surface area contributed by atoms with Crippen LogP contribution < -0.4 is 5.32 Å². The summed E-state index contributed by atoms with van der Waals surface area (Å²) in [6.45, 7) is 8.66. The quantitative estimate of drug-likeness (QED) is 0.816. The Kier molecular flexibility index (Phi) is 4.32. The molecule has 3 nitrogen and oxygen atoms in total. The van der Waals surface area contributed by atoms with Gasteiger partial charge in [0.05, 0.1) is 0 Å². The summed E-state index contributed by atoms with van der Waals surface area (Å²) in [6.07, 6.45) is 2.42. The lowest BCUT2D eigenvalue weighted by molar-refractivity contribution is 0.437. The smallest absolute Gasteiger partial charge is 0.205 e. The lowest BCUT2D eigenvalue weighted by Crippen LogP contribution is -2.24. The standard InChI is InChI=1S/C10H19N3S/c1-5-9(6-2)7(3)11-10-13-12-8(4)14-10/h7,9H,5-6H2,1-4H3,(H,11,13). The Morgan fingerprint density at radius 3 is 2.36 bits per heavy atom. The average molecular weight is 213 g/mol. The second-order valence-corrected chi connectivity index (χ2v) is 4.82. The second-order valence-electron chi connectivity index (χ2n) is 3.64. The Labute approximate surface area is 89.9 Å². The predicted molar refractivity (Wildman–Crippen MR) is 61.8 cm³/mol. The highest BCUT2D eigenvalue weighted by Crippen LogP contribution is 2.20. The molecule has 0 bridgehead atoms. The van der Waals surface area contributed by atoms with Crippen LogP contribution in [0.1, 0.15) is 38.6 Å². The van der Waals surface area contributed by atoms with E-state index in [1.54, 1.807) is 11.3 Å². The maximum absolute atomic E-state index is 4.06. The van der Waals surface area contributed by atoms with Crippen LogP contribution in [0.25, 0.3) is 0 Å². The van der Waals surface area contributed by atoms with Crippen LogP contribution in [0.15, 0.2) is 0 Å². The van der Waals surface area contributed by atoms with Gasteiger partial charge in [-0.1, -0.05) is 38.0 Å². The summed E-state index contributed by atoms with van der Waals surface area (Å²) in [4.78, 5) is 0. The largest absolute Gasteiger partial charge is 0.357 e. The molecule has 0 saturated carbocycles. The fourth-order valence-corrected chi connectivity index (χ4v) is 2.35. The molecule has 1 heterocycles. The Bertz CT molecular complexity index is 268. The van der Waals surface area contributed by atoms with Crippen LogP contribution >= 0.6 is 11.3 Å². The van der Waals surface area contributed by atoms with E-state index in [0.717, 1.165) is 16.1 Å². The van der Waals surface area contributed by atoms with E-state index in [4.69, 9.17) is 0 Å². The van der Waals surface area contributed by atoms with Gasteiger partial charge in [-0.3, -0.25) is 0 Å². The van der Waals surface area contributed by atoms with Crippen molar-refractivity contribution in [1.29, 1.82) is 0 Å². The van der Waals surface area contributed by atoms with E-state index in [9.17, 15) is 0 Å². The molecular weight excluding hydrogens is 194 g/mol. The topological polar surface area (TPSA) is 37.8 Å². The molecule has 0 aromatic carbocycles. The van der Waals surface area contributed by atoms with Crippen LogP contribution in [0.2, 0.25) is 0 Å². The van der Waals surface area contributed by atoms with Crippen LogP contribution in [-0.2, 0) is 0 Å². The number of hydrogen-bond donors (Lipinski definition) is 1. The molecule has 0 spiro atoms. The number of hydrogen-bond acceptors (Lipinski definition) is 4. The SMILES string of the molecule is CCC(CC)C(C)Nc1nnc(C)s1. The third-order valence-electron chi connectivity index (χ3n) is 2.63. The normalized spacial score (nSPS) is 13.2. The van der Waals surface area contributed by atoms with Gasteiger partial charge < -0.3 is 5.32 Å². The van der Waals surface area contributed by atoms with Crippen molar-refractivity contribution in [2.45, 2.75) is 46.6 Å². The summed E-state index contributed by atoms with van der Waals surface area (Å²) in [5, 5.41) is 13.4. The van der Waals surface area contributed by atoms with Gasteiger partial charge in [-0.2, -0.15) is 0 Å². The molecule has 4 heteroatoms. The molecule has 1 aromatic rings. The van der Waals surface area contributed by atoms with Crippen molar-refractivity contribution in [1.82, 2.24) is 10.2 Å². The van der Waals surface area contributed by atoms with Crippen molar-refractivity contribution < 1.29 is 0 Å². The maximum atomic E-state index is 4.06. The minimum absolute atomic E-state index is 0.484. The first-order chi connectivity index (χ1) is 6.67. The third kappa shape index (κ3) is 2.94. The molecule has 1 aromatic heterocycles. The van der Waals surface area contributed by atoms with Gasteiger partial charge in [-0.05, 0) is 19.8 Å². The minimum Gasteiger partial charge on any atom is -0.357 e. The lowest BCUT2D eigenvalue weighted by Gasteiger charge is -2.21. The van der Waals surface area contributed by atoms with Crippen LogP contribution in [0.5, 0.6) is 0 Å². The molecule has 0 fully saturated rings. The first-order valence-corrected chi connectivity index (χ1v) is 6.05. The van der Waals surface area contributed by atoms with Crippen LogP contribution in [0, 0.1) is 12.8 Å². The molecule has 0 saturated heterocycles. The molecule has 80 valence electrons. The predicted octanol–water partition coefficient (Wildman–Crippen LogP) is 3.08. The van der Waals surface area contributed by atoms with Crippen molar-refractivity contribution in [3.05, 3.63) is 5.01 Å². The van der Waals surface area contributed by atoms with E-state index in [2.05, 4.69) is 36.3 Å². The van der Waals surface area contributed by atoms with Gasteiger partial charge in [0.25, 0.3) is 0 Å². The van der Waals surface area contributed by atoms with Gasteiger partial charge in [0.15, 0.2) is 0 Å². The second kappa shape index (κ2) is 5.29. The Hall–Kier alpha value is -0.640. The fraction of sp³-hybridized carbons (Fsp3) is 0.800. The van der Waals surface area contributed by atoms with Crippen LogP contribution in [0.4, 0.5) is 5.13 Å². The number of anilines is 1. The number of aromatic nitrogens is 2. The fourth-order valence-electron chi connectivity index (χ4n) is 1.66. The van der Waals surface area contributed by atoms with Crippen molar-refractivity contribution >= 4 is 16.5 Å². The minimum atomic E-state index is 0.484. The number of aryl methyl sites for hydroxylation is 1. The summed E-state index contributed by atoms with van der Waals surface area (Å²) in [6, 6.07) is 0.484. The molecule has 0 aliphatic carbocycles. The number of rotatable bonds is 5. The lowest BCUT2D eigenvalue weighted by atomic mass is 9.96. The van der Waals surface area contributed by atoms with Crippen molar-refractivity contribution in [3.8, 4) is 0 Å². The summed E-state index contributed by atoms with van der Waals surface area (Å²) in [5.41, 5.74) is 0. The van der Waals surface area contributed by atoms with E-state index >= 15 is 0 Å². The van der Waals surface area contributed by atoms with Gasteiger partial charge in [0.2, 0.25) is 5.13 Å². The molecule has 1 N–H and O–H groups in total. The Balaban J connectivity index is 2.51. The summed E-state index contributed by atoms with van der Waals surface area (Å²) >= 11 is 1.62. The zero-order valence-electron chi connectivity index (χ0n) is 9.37. The molecular formula is C10H19N3S. The van der Waals surface area contributed by atoms with Crippen LogP contribution in [0.3, 0.4) is 0 Å². The monoisotopic (exact) mass is 213 g/mol. The summed E-state index contributed by atoms with van der Waals surface area (Å²) in [5.74, 6) is 0.721. The van der Waals surface area contributed by atoms with Gasteiger partial charge >= 0.3 is 0 Å². The molecule has 1 atom stereocenters. The molecule has 0 aliphatic rings. The zero-order valence-corrected chi connectivity index (χ0v) is 10.2. The number of nitrogens with one attached hydrogen (secondary N) is 1. The molecule has 0 amide bonds. The van der Waals surface area contributed by atoms with E-state index in [1.807, 2.05) is 6.92 Å². The molecule has 1 rings (SSSR count). The van der Waals surface area contributed by atoms with Crippen molar-refractivity contribution in [2.24, 2.45) is 5.92 Å². The highest BCUT2D eigenvalue weighted by Gasteiger charge is 2.14. The first-order valence-electron chi connectivity index (χ1n) is 5.24. The highest BCUT2D eigenvalue weighted by molar-refractivity contribution is 7.15. The summed E-state index contributed by atoms with van der Waals surface area (Å²) in [7, 11) is 0. The van der Waals surface area contributed by atoms with E-state index in [0.29, 0.717) is 6.04 Å². The van der Waals surface area contributed by atoms with E-state index in [1.165, 1.54) is 12.8 Å². The molecule has 0 radical (unpaired) electrons. The van der Waals surface area contributed by atoms with Gasteiger partial charge in [-0.25, -0.2) is 0 Å². The Morgan fingerprint density at radius 1 is 1.29 bits per heavy atom. The molecule has 1 unspecified atom stereocenters. The van der Waals surface area contributed by atoms with Gasteiger partial charge in [0, 0.05) is 6.04 Å². The van der Waals surface area contributed by atoms with Gasteiger partial charge in [-0.15, -0.1) is 10.2 Å². The van der Waals surface area contributed by atoms with E-state index < -0.39 is 0 Å². The Morgan fingerprint density at radius 2 is 1.93 bits per heavy atom. The van der Waals surface area contributed by atoms with Crippen molar-refractivity contribution in [3.63, 3.8) is 0 Å². The van der Waals surface area contributed by atoms with Gasteiger partial charge in [0.1, 0.15) is 5.01 Å². The first kappa shape index (κ1) is 11.4. The summed E-state index contributed by atoms with van der Waals surface area (Å²) < 4.78 is 0. The number of nitrogens with zero attached hydrogens (tertiary/aromatic N) is 2. The maximum Gasteiger partial charge on any atom is 0.205 e. The third-order valence-corrected chi connectivity index (χ3v) is 3.40. The average Bonchev–Trinajstić information content (AvgIpc) is 2.53. The molecule has 0 aliphatic heterocycles. The molecule has 14 heavy (non-hydrogen) atoms. The van der Waals surface area contributed by atoms with Crippen molar-refractivity contribution in [2.75, 3.05) is 5.32 Å². The van der Waals surface area contributed by atoms with E-state index in [-0.39, 0.29) is 0 Å².